The Bertz CT molecular complexity index is 523. The molecule has 1 unspecified atom stereocenters. The predicted octanol–water partition coefficient (Wildman–Crippen LogP) is 1.12. The minimum Gasteiger partial charge on any atom is -0.368 e. The van der Waals surface area contributed by atoms with Gasteiger partial charge in [-0.15, -0.1) is 0 Å². The Hall–Kier alpha value is -2.18. The summed E-state index contributed by atoms with van der Waals surface area (Å²) >= 11 is 0. The van der Waals surface area contributed by atoms with Gasteiger partial charge in [0.05, 0.1) is 0 Å². The lowest BCUT2D eigenvalue weighted by molar-refractivity contribution is 0.554. The summed E-state index contributed by atoms with van der Waals surface area (Å²) in [5, 5.41) is 0. The lowest BCUT2D eigenvalue weighted by atomic mass is 10.1. The van der Waals surface area contributed by atoms with Gasteiger partial charge in [-0.3, -0.25) is 4.57 Å². The SMILES string of the molecule is CCC(C)CN(C)c1nc(N)nc(-n2ccnc2)n1. The first-order valence-electron chi connectivity index (χ1n) is 6.31. The van der Waals surface area contributed by atoms with E-state index in [2.05, 4.69) is 33.8 Å². The van der Waals surface area contributed by atoms with Gasteiger partial charge in [-0.2, -0.15) is 15.0 Å². The number of nitrogens with two attached hydrogens (primary N) is 1. The second-order valence-corrected chi connectivity index (χ2v) is 4.66. The van der Waals surface area contributed by atoms with Crippen molar-refractivity contribution in [2.45, 2.75) is 20.3 Å². The van der Waals surface area contributed by atoms with Gasteiger partial charge in [-0.05, 0) is 5.92 Å². The van der Waals surface area contributed by atoms with Gasteiger partial charge in [0.25, 0.3) is 0 Å². The number of hydrogen-bond acceptors (Lipinski definition) is 6. The van der Waals surface area contributed by atoms with Crippen molar-refractivity contribution in [2.24, 2.45) is 5.92 Å². The molecule has 0 aromatic carbocycles. The van der Waals surface area contributed by atoms with E-state index in [-0.39, 0.29) is 5.95 Å². The number of nitrogen functional groups attached to an aromatic ring is 1. The summed E-state index contributed by atoms with van der Waals surface area (Å²) in [6.45, 7) is 5.23. The van der Waals surface area contributed by atoms with E-state index in [0.717, 1.165) is 13.0 Å². The monoisotopic (exact) mass is 261 g/mol. The van der Waals surface area contributed by atoms with Crippen LogP contribution in [0.25, 0.3) is 5.95 Å². The lowest BCUT2D eigenvalue weighted by Gasteiger charge is -2.21. The van der Waals surface area contributed by atoms with E-state index in [1.807, 2.05) is 11.9 Å². The molecule has 0 aliphatic rings. The van der Waals surface area contributed by atoms with E-state index in [4.69, 9.17) is 5.73 Å². The van der Waals surface area contributed by atoms with E-state index in [0.29, 0.717) is 17.8 Å². The van der Waals surface area contributed by atoms with Crippen molar-refractivity contribution in [3.63, 3.8) is 0 Å². The van der Waals surface area contributed by atoms with Crippen molar-refractivity contribution in [3.05, 3.63) is 18.7 Å². The van der Waals surface area contributed by atoms with Crippen molar-refractivity contribution in [1.29, 1.82) is 0 Å². The van der Waals surface area contributed by atoms with Crippen molar-refractivity contribution in [3.8, 4) is 5.95 Å². The number of rotatable bonds is 5. The van der Waals surface area contributed by atoms with Crippen LogP contribution in [-0.2, 0) is 0 Å². The Labute approximate surface area is 112 Å². The molecule has 0 fully saturated rings. The zero-order valence-electron chi connectivity index (χ0n) is 11.5. The predicted molar refractivity (Wildman–Crippen MR) is 74.1 cm³/mol. The Morgan fingerprint density at radius 3 is 2.79 bits per heavy atom. The third-order valence-corrected chi connectivity index (χ3v) is 2.99. The molecule has 2 heterocycles. The zero-order valence-corrected chi connectivity index (χ0v) is 11.5. The molecule has 0 saturated carbocycles. The van der Waals surface area contributed by atoms with Gasteiger partial charge in [0.2, 0.25) is 17.8 Å². The van der Waals surface area contributed by atoms with Gasteiger partial charge >= 0.3 is 0 Å². The Morgan fingerprint density at radius 1 is 1.37 bits per heavy atom. The standard InChI is InChI=1S/C12H19N7/c1-4-9(2)7-18(3)11-15-10(13)16-12(17-11)19-6-5-14-8-19/h5-6,8-9H,4,7H2,1-3H3,(H2,13,15,16,17). The number of imidazole rings is 1. The third-order valence-electron chi connectivity index (χ3n) is 2.99. The molecule has 1 atom stereocenters. The van der Waals surface area contributed by atoms with Crippen molar-refractivity contribution >= 4 is 11.9 Å². The molecule has 0 radical (unpaired) electrons. The Morgan fingerprint density at radius 2 is 2.16 bits per heavy atom. The summed E-state index contributed by atoms with van der Waals surface area (Å²) < 4.78 is 1.71. The van der Waals surface area contributed by atoms with Crippen LogP contribution in [0, 0.1) is 5.92 Å². The zero-order chi connectivity index (χ0) is 13.8. The second kappa shape index (κ2) is 5.64. The van der Waals surface area contributed by atoms with Gasteiger partial charge in [0.1, 0.15) is 6.33 Å². The van der Waals surface area contributed by atoms with Crippen molar-refractivity contribution in [1.82, 2.24) is 24.5 Å². The number of anilines is 2. The minimum atomic E-state index is 0.213. The highest BCUT2D eigenvalue weighted by Crippen LogP contribution is 2.13. The highest BCUT2D eigenvalue weighted by molar-refractivity contribution is 5.37. The molecule has 2 N–H and O–H groups in total. The molecule has 0 amide bonds. The van der Waals surface area contributed by atoms with Crippen LogP contribution in [-0.4, -0.2) is 38.1 Å². The Balaban J connectivity index is 2.26. The van der Waals surface area contributed by atoms with Gasteiger partial charge in [-0.1, -0.05) is 20.3 Å². The first-order valence-corrected chi connectivity index (χ1v) is 6.31. The number of nitrogens with zero attached hydrogens (tertiary/aromatic N) is 6. The summed E-state index contributed by atoms with van der Waals surface area (Å²) in [5.74, 6) is 1.84. The van der Waals surface area contributed by atoms with E-state index in [1.165, 1.54) is 0 Å². The number of hydrogen-bond donors (Lipinski definition) is 1. The summed E-state index contributed by atoms with van der Waals surface area (Å²) in [7, 11) is 1.96. The molecule has 102 valence electrons. The average Bonchev–Trinajstić information content (AvgIpc) is 2.91. The maximum atomic E-state index is 5.74. The maximum Gasteiger partial charge on any atom is 0.241 e. The van der Waals surface area contributed by atoms with E-state index >= 15 is 0 Å². The second-order valence-electron chi connectivity index (χ2n) is 4.66. The van der Waals surface area contributed by atoms with E-state index < -0.39 is 0 Å². The fraction of sp³-hybridized carbons (Fsp3) is 0.500. The molecule has 2 aromatic heterocycles. The topological polar surface area (TPSA) is 85.8 Å². The van der Waals surface area contributed by atoms with Crippen LogP contribution in [0.15, 0.2) is 18.7 Å². The van der Waals surface area contributed by atoms with Crippen molar-refractivity contribution < 1.29 is 0 Å². The van der Waals surface area contributed by atoms with Gasteiger partial charge in [0, 0.05) is 26.0 Å². The fourth-order valence-corrected chi connectivity index (χ4v) is 1.71. The maximum absolute atomic E-state index is 5.74. The first-order chi connectivity index (χ1) is 9.10. The molecule has 0 bridgehead atoms. The summed E-state index contributed by atoms with van der Waals surface area (Å²) in [6, 6.07) is 0. The molecule has 2 aromatic rings. The molecule has 2 rings (SSSR count). The normalized spacial score (nSPS) is 12.4. The van der Waals surface area contributed by atoms with Gasteiger partial charge < -0.3 is 10.6 Å². The van der Waals surface area contributed by atoms with Crippen LogP contribution in [0.1, 0.15) is 20.3 Å². The van der Waals surface area contributed by atoms with Crippen LogP contribution in [0.3, 0.4) is 0 Å². The van der Waals surface area contributed by atoms with E-state index in [9.17, 15) is 0 Å². The largest absolute Gasteiger partial charge is 0.368 e. The van der Waals surface area contributed by atoms with Gasteiger partial charge in [0.15, 0.2) is 0 Å². The van der Waals surface area contributed by atoms with Crippen LogP contribution in [0.4, 0.5) is 11.9 Å². The molecule has 0 aliphatic carbocycles. The minimum absolute atomic E-state index is 0.213. The fourth-order valence-electron chi connectivity index (χ4n) is 1.71. The van der Waals surface area contributed by atoms with Crippen LogP contribution < -0.4 is 10.6 Å². The lowest BCUT2D eigenvalue weighted by Crippen LogP contribution is -2.26. The molecule has 0 aliphatic heterocycles. The number of aromatic nitrogens is 5. The highest BCUT2D eigenvalue weighted by atomic mass is 15.3. The van der Waals surface area contributed by atoms with Gasteiger partial charge in [-0.25, -0.2) is 4.98 Å². The summed E-state index contributed by atoms with van der Waals surface area (Å²) in [4.78, 5) is 18.7. The molecular weight excluding hydrogens is 242 g/mol. The van der Waals surface area contributed by atoms with Crippen LogP contribution in [0.2, 0.25) is 0 Å². The molecule has 7 nitrogen and oxygen atoms in total. The van der Waals surface area contributed by atoms with Crippen molar-refractivity contribution in [2.75, 3.05) is 24.2 Å². The summed E-state index contributed by atoms with van der Waals surface area (Å²) in [6.07, 6.45) is 6.18. The molecule has 0 spiro atoms. The molecule has 0 saturated heterocycles. The molecular formula is C12H19N7. The third kappa shape index (κ3) is 3.18. The quantitative estimate of drug-likeness (QED) is 0.868. The first kappa shape index (κ1) is 13.3. The van der Waals surface area contributed by atoms with Crippen LogP contribution in [0.5, 0.6) is 0 Å². The van der Waals surface area contributed by atoms with Crippen LogP contribution >= 0.6 is 0 Å². The Kier molecular flexibility index (Phi) is 3.94. The molecule has 19 heavy (non-hydrogen) atoms. The van der Waals surface area contributed by atoms with E-state index in [1.54, 1.807) is 23.3 Å². The smallest absolute Gasteiger partial charge is 0.241 e. The molecule has 7 heteroatoms. The summed E-state index contributed by atoms with van der Waals surface area (Å²) in [5.41, 5.74) is 5.74. The average molecular weight is 261 g/mol. The highest BCUT2D eigenvalue weighted by Gasteiger charge is 2.12.